The third-order valence-electron chi connectivity index (χ3n) is 3.82. The Bertz CT molecular complexity index is 455. The predicted molar refractivity (Wildman–Crippen MR) is 75.2 cm³/mol. The van der Waals surface area contributed by atoms with Crippen LogP contribution in [0.25, 0.3) is 0 Å². The molecule has 0 saturated heterocycles. The number of amides is 1. The summed E-state index contributed by atoms with van der Waals surface area (Å²) in [5.74, 6) is 0.266. The molecule has 0 aromatic heterocycles. The smallest absolute Gasteiger partial charge is 0.254 e. The molecule has 1 aromatic carbocycles. The van der Waals surface area contributed by atoms with E-state index in [0.29, 0.717) is 18.2 Å². The van der Waals surface area contributed by atoms with Gasteiger partial charge in [-0.1, -0.05) is 0 Å². The van der Waals surface area contributed by atoms with Crippen molar-refractivity contribution < 1.29 is 9.90 Å². The topological polar surface area (TPSA) is 66.6 Å². The number of hydrogen-bond acceptors (Lipinski definition) is 3. The number of rotatable bonds is 5. The van der Waals surface area contributed by atoms with Gasteiger partial charge in [-0.05, 0) is 62.9 Å². The number of benzene rings is 1. The first-order chi connectivity index (χ1) is 9.13. The highest BCUT2D eigenvalue weighted by Crippen LogP contribution is 2.27. The maximum Gasteiger partial charge on any atom is 0.254 e. The minimum Gasteiger partial charge on any atom is -0.508 e. The molecule has 1 aliphatic rings. The number of carbonyl (C=O) groups excluding carboxylic acids is 1. The Kier molecular flexibility index (Phi) is 4.43. The largest absolute Gasteiger partial charge is 0.508 e. The molecule has 3 N–H and O–H groups in total. The van der Waals surface area contributed by atoms with Gasteiger partial charge in [0, 0.05) is 18.2 Å². The van der Waals surface area contributed by atoms with E-state index in [1.807, 2.05) is 11.8 Å². The lowest BCUT2D eigenvalue weighted by Crippen LogP contribution is -2.45. The van der Waals surface area contributed by atoms with Crippen molar-refractivity contribution in [2.75, 3.05) is 13.1 Å². The van der Waals surface area contributed by atoms with E-state index in [1.165, 1.54) is 6.42 Å². The zero-order chi connectivity index (χ0) is 13.8. The highest BCUT2D eigenvalue weighted by molar-refractivity contribution is 5.96. The standard InChI is InChI=1S/C15H22N2O2/c1-11-10-13(18)6-7-14(11)15(19)17(9-3-8-16)12-4-2-5-12/h6-7,10,12,18H,2-5,8-9,16H2,1H3. The van der Waals surface area contributed by atoms with Gasteiger partial charge >= 0.3 is 0 Å². The van der Waals surface area contributed by atoms with Crippen LogP contribution in [0, 0.1) is 6.92 Å². The second-order valence-corrected chi connectivity index (χ2v) is 5.22. The van der Waals surface area contributed by atoms with Crippen molar-refractivity contribution in [1.82, 2.24) is 4.90 Å². The van der Waals surface area contributed by atoms with Crippen LogP contribution in [0.3, 0.4) is 0 Å². The Morgan fingerprint density at radius 2 is 2.21 bits per heavy atom. The van der Waals surface area contributed by atoms with Crippen molar-refractivity contribution >= 4 is 5.91 Å². The first kappa shape index (κ1) is 13.9. The Hall–Kier alpha value is -1.55. The predicted octanol–water partition coefficient (Wildman–Crippen LogP) is 2.04. The summed E-state index contributed by atoms with van der Waals surface area (Å²) in [6.07, 6.45) is 4.21. The summed E-state index contributed by atoms with van der Waals surface area (Å²) in [6.45, 7) is 3.18. The SMILES string of the molecule is Cc1cc(O)ccc1C(=O)N(CCCN)C1CCC1. The summed E-state index contributed by atoms with van der Waals surface area (Å²) in [5.41, 5.74) is 7.06. The molecule has 4 heteroatoms. The van der Waals surface area contributed by atoms with Gasteiger partial charge in [0.25, 0.3) is 5.91 Å². The van der Waals surface area contributed by atoms with Crippen molar-refractivity contribution in [2.45, 2.75) is 38.6 Å². The Morgan fingerprint density at radius 3 is 2.74 bits per heavy atom. The lowest BCUT2D eigenvalue weighted by molar-refractivity contribution is 0.0577. The highest BCUT2D eigenvalue weighted by Gasteiger charge is 2.29. The van der Waals surface area contributed by atoms with E-state index in [-0.39, 0.29) is 11.7 Å². The van der Waals surface area contributed by atoms with Crippen LogP contribution >= 0.6 is 0 Å². The molecule has 2 rings (SSSR count). The molecule has 104 valence electrons. The van der Waals surface area contributed by atoms with Gasteiger partial charge in [-0.2, -0.15) is 0 Å². The van der Waals surface area contributed by atoms with Gasteiger partial charge in [-0.3, -0.25) is 4.79 Å². The fourth-order valence-electron chi connectivity index (χ4n) is 2.45. The first-order valence-corrected chi connectivity index (χ1v) is 6.94. The van der Waals surface area contributed by atoms with Gasteiger partial charge in [0.1, 0.15) is 5.75 Å². The number of phenolic OH excluding ortho intramolecular Hbond substituents is 1. The molecule has 0 aliphatic heterocycles. The van der Waals surface area contributed by atoms with E-state index < -0.39 is 0 Å². The number of nitrogens with zero attached hydrogens (tertiary/aromatic N) is 1. The van der Waals surface area contributed by atoms with Crippen LogP contribution in [0.5, 0.6) is 5.75 Å². The molecular weight excluding hydrogens is 240 g/mol. The van der Waals surface area contributed by atoms with Gasteiger partial charge in [-0.25, -0.2) is 0 Å². The Morgan fingerprint density at radius 1 is 1.47 bits per heavy atom. The van der Waals surface area contributed by atoms with Crippen LogP contribution in [-0.2, 0) is 0 Å². The minimum atomic E-state index is 0.0654. The summed E-state index contributed by atoms with van der Waals surface area (Å²) in [4.78, 5) is 14.6. The van der Waals surface area contributed by atoms with Gasteiger partial charge in [-0.15, -0.1) is 0 Å². The van der Waals surface area contributed by atoms with E-state index >= 15 is 0 Å². The third-order valence-corrected chi connectivity index (χ3v) is 3.82. The maximum absolute atomic E-state index is 12.6. The van der Waals surface area contributed by atoms with E-state index in [0.717, 1.165) is 31.4 Å². The van der Waals surface area contributed by atoms with Crippen molar-refractivity contribution in [1.29, 1.82) is 0 Å². The summed E-state index contributed by atoms with van der Waals surface area (Å²) >= 11 is 0. The van der Waals surface area contributed by atoms with Gasteiger partial charge in [0.05, 0.1) is 0 Å². The molecule has 0 heterocycles. The van der Waals surface area contributed by atoms with Crippen LogP contribution in [0.2, 0.25) is 0 Å². The molecule has 0 unspecified atom stereocenters. The molecule has 1 aliphatic carbocycles. The summed E-state index contributed by atoms with van der Waals surface area (Å²) in [6, 6.07) is 5.28. The molecule has 0 spiro atoms. The lowest BCUT2D eigenvalue weighted by Gasteiger charge is -2.38. The molecule has 1 saturated carbocycles. The number of nitrogens with two attached hydrogens (primary N) is 1. The van der Waals surface area contributed by atoms with Crippen molar-refractivity contribution in [2.24, 2.45) is 5.73 Å². The van der Waals surface area contributed by atoms with Crippen molar-refractivity contribution in [3.05, 3.63) is 29.3 Å². The number of hydrogen-bond donors (Lipinski definition) is 2. The maximum atomic E-state index is 12.6. The monoisotopic (exact) mass is 262 g/mol. The molecule has 1 fully saturated rings. The molecule has 1 aromatic rings. The average Bonchev–Trinajstić information content (AvgIpc) is 2.31. The number of aryl methyl sites for hydroxylation is 1. The van der Waals surface area contributed by atoms with E-state index in [9.17, 15) is 9.90 Å². The van der Waals surface area contributed by atoms with Crippen LogP contribution in [0.1, 0.15) is 41.6 Å². The second kappa shape index (κ2) is 6.06. The molecule has 0 atom stereocenters. The first-order valence-electron chi connectivity index (χ1n) is 6.94. The molecule has 0 radical (unpaired) electrons. The van der Waals surface area contributed by atoms with Gasteiger partial charge in [0.15, 0.2) is 0 Å². The second-order valence-electron chi connectivity index (χ2n) is 5.22. The summed E-state index contributed by atoms with van der Waals surface area (Å²) < 4.78 is 0. The minimum absolute atomic E-state index is 0.0654. The molecule has 4 nitrogen and oxygen atoms in total. The van der Waals surface area contributed by atoms with Crippen molar-refractivity contribution in [3.8, 4) is 5.75 Å². The van der Waals surface area contributed by atoms with Crippen LogP contribution in [0.15, 0.2) is 18.2 Å². The van der Waals surface area contributed by atoms with Crippen LogP contribution in [0.4, 0.5) is 0 Å². The van der Waals surface area contributed by atoms with Crippen molar-refractivity contribution in [3.63, 3.8) is 0 Å². The molecular formula is C15H22N2O2. The Labute approximate surface area is 114 Å². The summed E-state index contributed by atoms with van der Waals surface area (Å²) in [5, 5.41) is 9.42. The van der Waals surface area contributed by atoms with Crippen LogP contribution < -0.4 is 5.73 Å². The average molecular weight is 262 g/mol. The van der Waals surface area contributed by atoms with Gasteiger partial charge < -0.3 is 15.7 Å². The fraction of sp³-hybridized carbons (Fsp3) is 0.533. The van der Waals surface area contributed by atoms with Gasteiger partial charge in [0.2, 0.25) is 0 Å². The van der Waals surface area contributed by atoms with E-state index in [4.69, 9.17) is 5.73 Å². The number of aromatic hydroxyl groups is 1. The highest BCUT2D eigenvalue weighted by atomic mass is 16.3. The fourth-order valence-corrected chi connectivity index (χ4v) is 2.45. The normalized spacial score (nSPS) is 15.1. The third kappa shape index (κ3) is 3.07. The molecule has 0 bridgehead atoms. The lowest BCUT2D eigenvalue weighted by atomic mass is 9.90. The Balaban J connectivity index is 2.17. The zero-order valence-corrected chi connectivity index (χ0v) is 11.4. The number of carbonyl (C=O) groups is 1. The number of phenols is 1. The van der Waals surface area contributed by atoms with E-state index in [2.05, 4.69) is 0 Å². The quantitative estimate of drug-likeness (QED) is 0.853. The molecule has 1 amide bonds. The zero-order valence-electron chi connectivity index (χ0n) is 11.4. The van der Waals surface area contributed by atoms with E-state index in [1.54, 1.807) is 18.2 Å². The van der Waals surface area contributed by atoms with Crippen LogP contribution in [-0.4, -0.2) is 35.0 Å². The summed E-state index contributed by atoms with van der Waals surface area (Å²) in [7, 11) is 0. The molecule has 19 heavy (non-hydrogen) atoms.